The van der Waals surface area contributed by atoms with E-state index >= 15 is 0 Å². The third kappa shape index (κ3) is 3.00. The summed E-state index contributed by atoms with van der Waals surface area (Å²) < 4.78 is 4.75. The summed E-state index contributed by atoms with van der Waals surface area (Å²) in [5, 5.41) is 0. The molecule has 2 aromatic rings. The fourth-order valence-electron chi connectivity index (χ4n) is 2.58. The molecule has 0 unspecified atom stereocenters. The largest absolute Gasteiger partial charge is 0.465 e. The SMILES string of the molecule is COC(=O)c1ccnc(N2CCN(c3ccncc3)CC2)c1. The van der Waals surface area contributed by atoms with Gasteiger partial charge in [0.2, 0.25) is 0 Å². The van der Waals surface area contributed by atoms with Gasteiger partial charge in [-0.3, -0.25) is 4.98 Å². The monoisotopic (exact) mass is 298 g/mol. The average molecular weight is 298 g/mol. The summed E-state index contributed by atoms with van der Waals surface area (Å²) in [6.45, 7) is 3.54. The Balaban J connectivity index is 1.68. The number of nitrogens with zero attached hydrogens (tertiary/aromatic N) is 4. The van der Waals surface area contributed by atoms with Crippen LogP contribution < -0.4 is 9.80 Å². The number of hydrogen-bond acceptors (Lipinski definition) is 6. The third-order valence-electron chi connectivity index (χ3n) is 3.80. The first-order valence-corrected chi connectivity index (χ1v) is 7.22. The molecule has 0 saturated carbocycles. The van der Waals surface area contributed by atoms with Crippen molar-refractivity contribution in [1.29, 1.82) is 0 Å². The van der Waals surface area contributed by atoms with E-state index in [9.17, 15) is 4.79 Å². The van der Waals surface area contributed by atoms with Crippen LogP contribution in [0.3, 0.4) is 0 Å². The van der Waals surface area contributed by atoms with Gasteiger partial charge < -0.3 is 14.5 Å². The number of piperazine rings is 1. The molecular weight excluding hydrogens is 280 g/mol. The van der Waals surface area contributed by atoms with Crippen LogP contribution in [0.15, 0.2) is 42.9 Å². The molecule has 2 aromatic heterocycles. The van der Waals surface area contributed by atoms with Crippen molar-refractivity contribution in [3.05, 3.63) is 48.4 Å². The Morgan fingerprint density at radius 1 is 1.05 bits per heavy atom. The minimum absolute atomic E-state index is 0.334. The summed E-state index contributed by atoms with van der Waals surface area (Å²) in [5.41, 5.74) is 1.72. The number of aromatic nitrogens is 2. The molecular formula is C16H18N4O2. The number of pyridine rings is 2. The first kappa shape index (κ1) is 14.3. The van der Waals surface area contributed by atoms with Crippen LogP contribution in [0, 0.1) is 0 Å². The summed E-state index contributed by atoms with van der Waals surface area (Å²) in [6, 6.07) is 7.49. The number of esters is 1. The molecule has 1 aliphatic rings. The molecule has 0 radical (unpaired) electrons. The quantitative estimate of drug-likeness (QED) is 0.802. The number of anilines is 2. The second-order valence-electron chi connectivity index (χ2n) is 5.07. The minimum atomic E-state index is -0.334. The van der Waals surface area contributed by atoms with Gasteiger partial charge in [0.05, 0.1) is 12.7 Å². The number of ether oxygens (including phenoxy) is 1. The highest BCUT2D eigenvalue weighted by molar-refractivity contribution is 5.90. The Morgan fingerprint density at radius 2 is 1.73 bits per heavy atom. The van der Waals surface area contributed by atoms with Gasteiger partial charge in [-0.2, -0.15) is 0 Å². The Kier molecular flexibility index (Phi) is 4.18. The zero-order chi connectivity index (χ0) is 15.4. The summed E-state index contributed by atoms with van der Waals surface area (Å²) in [4.78, 5) is 24.5. The first-order chi connectivity index (χ1) is 10.8. The van der Waals surface area contributed by atoms with E-state index in [0.717, 1.165) is 32.0 Å². The number of carbonyl (C=O) groups is 1. The summed E-state index contributed by atoms with van der Waals surface area (Å²) in [5.74, 6) is 0.483. The minimum Gasteiger partial charge on any atom is -0.465 e. The predicted octanol–water partition coefficient (Wildman–Crippen LogP) is 1.59. The van der Waals surface area contributed by atoms with Crippen molar-refractivity contribution in [1.82, 2.24) is 9.97 Å². The summed E-state index contributed by atoms with van der Waals surface area (Å²) in [6.07, 6.45) is 5.27. The second-order valence-corrected chi connectivity index (χ2v) is 5.07. The summed E-state index contributed by atoms with van der Waals surface area (Å²) >= 11 is 0. The van der Waals surface area contributed by atoms with Crippen LogP contribution in [0.2, 0.25) is 0 Å². The molecule has 6 heteroatoms. The van der Waals surface area contributed by atoms with E-state index in [-0.39, 0.29) is 5.97 Å². The zero-order valence-electron chi connectivity index (χ0n) is 12.5. The maximum atomic E-state index is 11.6. The van der Waals surface area contributed by atoms with Crippen molar-refractivity contribution >= 4 is 17.5 Å². The highest BCUT2D eigenvalue weighted by Crippen LogP contribution is 2.19. The van der Waals surface area contributed by atoms with Gasteiger partial charge in [0, 0.05) is 50.5 Å². The molecule has 3 rings (SSSR count). The van der Waals surface area contributed by atoms with E-state index in [1.54, 1.807) is 18.3 Å². The molecule has 0 bridgehead atoms. The van der Waals surface area contributed by atoms with E-state index < -0.39 is 0 Å². The molecule has 0 N–H and O–H groups in total. The lowest BCUT2D eigenvalue weighted by Gasteiger charge is -2.36. The van der Waals surface area contributed by atoms with E-state index in [0.29, 0.717) is 5.56 Å². The van der Waals surface area contributed by atoms with E-state index in [1.165, 1.54) is 12.8 Å². The average Bonchev–Trinajstić information content (AvgIpc) is 2.62. The molecule has 3 heterocycles. The molecule has 0 amide bonds. The first-order valence-electron chi connectivity index (χ1n) is 7.22. The Hall–Kier alpha value is -2.63. The van der Waals surface area contributed by atoms with Gasteiger partial charge in [0.15, 0.2) is 0 Å². The lowest BCUT2D eigenvalue weighted by Crippen LogP contribution is -2.46. The van der Waals surface area contributed by atoms with Gasteiger partial charge in [-0.05, 0) is 24.3 Å². The van der Waals surface area contributed by atoms with Crippen LogP contribution in [0.25, 0.3) is 0 Å². The summed E-state index contributed by atoms with van der Waals surface area (Å²) in [7, 11) is 1.38. The molecule has 1 fully saturated rings. The van der Waals surface area contributed by atoms with E-state index in [1.807, 2.05) is 24.5 Å². The smallest absolute Gasteiger partial charge is 0.338 e. The van der Waals surface area contributed by atoms with Gasteiger partial charge >= 0.3 is 5.97 Å². The molecule has 0 aromatic carbocycles. The molecule has 114 valence electrons. The van der Waals surface area contributed by atoms with Crippen molar-refractivity contribution in [2.75, 3.05) is 43.1 Å². The Morgan fingerprint density at radius 3 is 2.41 bits per heavy atom. The van der Waals surface area contributed by atoms with Gasteiger partial charge in [-0.25, -0.2) is 9.78 Å². The van der Waals surface area contributed by atoms with E-state index in [2.05, 4.69) is 19.8 Å². The molecule has 0 aliphatic carbocycles. The number of rotatable bonds is 3. The standard InChI is InChI=1S/C16H18N4O2/c1-22-16(21)13-2-7-18-15(12-13)20-10-8-19(9-11-20)14-3-5-17-6-4-14/h2-7,12H,8-11H2,1H3. The fourth-order valence-corrected chi connectivity index (χ4v) is 2.58. The van der Waals surface area contributed by atoms with Gasteiger partial charge in [0.1, 0.15) is 5.82 Å². The zero-order valence-corrected chi connectivity index (χ0v) is 12.5. The molecule has 22 heavy (non-hydrogen) atoms. The van der Waals surface area contributed by atoms with E-state index in [4.69, 9.17) is 4.74 Å². The molecule has 0 atom stereocenters. The van der Waals surface area contributed by atoms with Crippen molar-refractivity contribution in [2.24, 2.45) is 0 Å². The van der Waals surface area contributed by atoms with Crippen LogP contribution in [-0.2, 0) is 4.74 Å². The van der Waals surface area contributed by atoms with Crippen LogP contribution in [-0.4, -0.2) is 49.2 Å². The highest BCUT2D eigenvalue weighted by Gasteiger charge is 2.19. The highest BCUT2D eigenvalue weighted by atomic mass is 16.5. The van der Waals surface area contributed by atoms with Gasteiger partial charge in [0.25, 0.3) is 0 Å². The fraction of sp³-hybridized carbons (Fsp3) is 0.312. The number of carbonyl (C=O) groups excluding carboxylic acids is 1. The number of methoxy groups -OCH3 is 1. The third-order valence-corrected chi connectivity index (χ3v) is 3.80. The Labute approximate surface area is 129 Å². The van der Waals surface area contributed by atoms with Crippen LogP contribution in [0.5, 0.6) is 0 Å². The van der Waals surface area contributed by atoms with Gasteiger partial charge in [-0.15, -0.1) is 0 Å². The van der Waals surface area contributed by atoms with Crippen molar-refractivity contribution in [3.63, 3.8) is 0 Å². The van der Waals surface area contributed by atoms with Crippen molar-refractivity contribution in [3.8, 4) is 0 Å². The Bertz CT molecular complexity index is 640. The maximum absolute atomic E-state index is 11.6. The van der Waals surface area contributed by atoms with Gasteiger partial charge in [-0.1, -0.05) is 0 Å². The lowest BCUT2D eigenvalue weighted by molar-refractivity contribution is 0.0600. The van der Waals surface area contributed by atoms with Crippen LogP contribution >= 0.6 is 0 Å². The van der Waals surface area contributed by atoms with Crippen molar-refractivity contribution in [2.45, 2.75) is 0 Å². The topological polar surface area (TPSA) is 58.6 Å². The second kappa shape index (κ2) is 6.43. The van der Waals surface area contributed by atoms with Crippen molar-refractivity contribution < 1.29 is 9.53 Å². The lowest BCUT2D eigenvalue weighted by atomic mass is 10.2. The van der Waals surface area contributed by atoms with Crippen LogP contribution in [0.1, 0.15) is 10.4 Å². The molecule has 1 saturated heterocycles. The molecule has 0 spiro atoms. The molecule has 6 nitrogen and oxygen atoms in total. The maximum Gasteiger partial charge on any atom is 0.338 e. The van der Waals surface area contributed by atoms with Crippen LogP contribution in [0.4, 0.5) is 11.5 Å². The predicted molar refractivity (Wildman–Crippen MR) is 84.2 cm³/mol. The normalized spacial score (nSPS) is 14.8. The number of hydrogen-bond donors (Lipinski definition) is 0. The molecule has 1 aliphatic heterocycles.